The largest absolute Gasteiger partial charge is 0.493 e. The third-order valence-electron chi connectivity index (χ3n) is 6.25. The molecule has 164 valence electrons. The number of ether oxygens (including phenoxy) is 2. The lowest BCUT2D eigenvalue weighted by Gasteiger charge is -2.31. The molecule has 2 aromatic heterocycles. The second kappa shape index (κ2) is 8.13. The lowest BCUT2D eigenvalue weighted by atomic mass is 10.2. The number of rotatable bonds is 4. The average molecular weight is 425 g/mol. The smallest absolute Gasteiger partial charge is 0.260 e. The fourth-order valence-corrected chi connectivity index (χ4v) is 4.57. The standard InChI is InChI=1S/C22H28N6O3/c1-30-18-11-16-17(12-19(18)31-2)24-21(25-20(16)29)27-9-10-28-15(14-27)13-23-22(28)26-7-5-3-4-6-8-26/h11-13H,3-10,14H2,1-2H3,(H,24,25,29). The number of imidazole rings is 1. The zero-order valence-electron chi connectivity index (χ0n) is 18.1. The molecular formula is C22H28N6O3. The quantitative estimate of drug-likeness (QED) is 0.688. The van der Waals surface area contributed by atoms with E-state index in [9.17, 15) is 4.79 Å². The Hall–Kier alpha value is -3.23. The van der Waals surface area contributed by atoms with Crippen LogP contribution < -0.4 is 24.8 Å². The van der Waals surface area contributed by atoms with Gasteiger partial charge in [-0.25, -0.2) is 9.97 Å². The number of hydrogen-bond donors (Lipinski definition) is 1. The first kappa shape index (κ1) is 19.7. The maximum Gasteiger partial charge on any atom is 0.260 e. The van der Waals surface area contributed by atoms with Crippen molar-refractivity contribution in [3.8, 4) is 11.5 Å². The summed E-state index contributed by atoms with van der Waals surface area (Å²) in [4.78, 5) is 29.7. The summed E-state index contributed by atoms with van der Waals surface area (Å²) in [5.41, 5.74) is 1.53. The van der Waals surface area contributed by atoms with Gasteiger partial charge in [-0.05, 0) is 18.9 Å². The predicted octanol–water partition coefficient (Wildman–Crippen LogP) is 2.54. The minimum atomic E-state index is -0.190. The normalized spacial score (nSPS) is 16.8. The van der Waals surface area contributed by atoms with E-state index in [0.717, 1.165) is 37.8 Å². The Labute approximate surface area is 180 Å². The molecular weight excluding hydrogens is 396 g/mol. The topological polar surface area (TPSA) is 88.5 Å². The number of aromatic amines is 1. The van der Waals surface area contributed by atoms with Crippen LogP contribution in [0.25, 0.3) is 10.9 Å². The second-order valence-corrected chi connectivity index (χ2v) is 8.14. The summed E-state index contributed by atoms with van der Waals surface area (Å²) < 4.78 is 13.0. The van der Waals surface area contributed by atoms with E-state index in [1.165, 1.54) is 25.7 Å². The first-order chi connectivity index (χ1) is 15.2. The van der Waals surface area contributed by atoms with Crippen molar-refractivity contribution in [1.82, 2.24) is 19.5 Å². The van der Waals surface area contributed by atoms with Crippen LogP contribution in [0.4, 0.5) is 11.9 Å². The number of methoxy groups -OCH3 is 2. The summed E-state index contributed by atoms with van der Waals surface area (Å²) in [6.07, 6.45) is 7.01. The van der Waals surface area contributed by atoms with Gasteiger partial charge in [-0.15, -0.1) is 0 Å². The number of H-pyrrole nitrogens is 1. The minimum Gasteiger partial charge on any atom is -0.493 e. The van der Waals surface area contributed by atoms with Crippen molar-refractivity contribution in [2.45, 2.75) is 38.8 Å². The zero-order valence-corrected chi connectivity index (χ0v) is 18.1. The summed E-state index contributed by atoms with van der Waals surface area (Å²) in [5, 5.41) is 0.479. The van der Waals surface area contributed by atoms with Crippen LogP contribution in [-0.2, 0) is 13.1 Å². The SMILES string of the molecule is COc1cc2nc(N3CCn4c(cnc4N4CCCCCC4)C3)[nH]c(=O)c2cc1OC. The van der Waals surface area contributed by atoms with Crippen LogP contribution in [0.2, 0.25) is 0 Å². The highest BCUT2D eigenvalue weighted by Gasteiger charge is 2.24. The monoisotopic (exact) mass is 424 g/mol. The molecule has 5 rings (SSSR count). The average Bonchev–Trinajstić information content (AvgIpc) is 3.03. The third kappa shape index (κ3) is 3.58. The number of nitrogens with zero attached hydrogens (tertiary/aromatic N) is 5. The van der Waals surface area contributed by atoms with E-state index < -0.39 is 0 Å². The van der Waals surface area contributed by atoms with E-state index in [2.05, 4.69) is 19.4 Å². The molecule has 0 unspecified atom stereocenters. The molecule has 1 aromatic carbocycles. The first-order valence-electron chi connectivity index (χ1n) is 10.9. The van der Waals surface area contributed by atoms with Crippen LogP contribution in [0.3, 0.4) is 0 Å². The van der Waals surface area contributed by atoms with Crippen LogP contribution in [0.15, 0.2) is 23.1 Å². The van der Waals surface area contributed by atoms with Crippen LogP contribution in [0, 0.1) is 0 Å². The van der Waals surface area contributed by atoms with Crippen molar-refractivity contribution in [2.75, 3.05) is 43.7 Å². The highest BCUT2D eigenvalue weighted by Crippen LogP contribution is 2.31. The van der Waals surface area contributed by atoms with Gasteiger partial charge in [-0.3, -0.25) is 9.78 Å². The van der Waals surface area contributed by atoms with E-state index in [1.807, 2.05) is 6.20 Å². The molecule has 1 N–H and O–H groups in total. The molecule has 9 nitrogen and oxygen atoms in total. The van der Waals surface area contributed by atoms with E-state index in [1.54, 1.807) is 26.4 Å². The fraction of sp³-hybridized carbons (Fsp3) is 0.500. The molecule has 0 aliphatic carbocycles. The minimum absolute atomic E-state index is 0.190. The molecule has 31 heavy (non-hydrogen) atoms. The van der Waals surface area contributed by atoms with Crippen molar-refractivity contribution in [2.24, 2.45) is 0 Å². The van der Waals surface area contributed by atoms with Crippen molar-refractivity contribution in [3.05, 3.63) is 34.4 Å². The third-order valence-corrected chi connectivity index (χ3v) is 6.25. The summed E-state index contributed by atoms with van der Waals surface area (Å²) in [7, 11) is 3.13. The molecule has 1 fully saturated rings. The van der Waals surface area contributed by atoms with Crippen LogP contribution >= 0.6 is 0 Å². The molecule has 9 heteroatoms. The number of nitrogens with one attached hydrogen (secondary N) is 1. The summed E-state index contributed by atoms with van der Waals surface area (Å²) in [6.45, 7) is 4.37. The Kier molecular flexibility index (Phi) is 5.17. The van der Waals surface area contributed by atoms with Crippen LogP contribution in [0.1, 0.15) is 31.4 Å². The van der Waals surface area contributed by atoms with Gasteiger partial charge < -0.3 is 23.8 Å². The molecule has 2 aliphatic rings. The van der Waals surface area contributed by atoms with Gasteiger partial charge in [0.15, 0.2) is 11.5 Å². The van der Waals surface area contributed by atoms with E-state index in [-0.39, 0.29) is 5.56 Å². The molecule has 1 saturated heterocycles. The first-order valence-corrected chi connectivity index (χ1v) is 10.9. The van der Waals surface area contributed by atoms with Gasteiger partial charge in [0.2, 0.25) is 11.9 Å². The van der Waals surface area contributed by atoms with Gasteiger partial charge in [-0.1, -0.05) is 12.8 Å². The maximum absolute atomic E-state index is 12.8. The molecule has 0 saturated carbocycles. The number of anilines is 2. The van der Waals surface area contributed by atoms with Gasteiger partial charge in [0.1, 0.15) is 0 Å². The lowest BCUT2D eigenvalue weighted by Crippen LogP contribution is -2.37. The van der Waals surface area contributed by atoms with Crippen LogP contribution in [0.5, 0.6) is 11.5 Å². The Balaban J connectivity index is 1.44. The summed E-state index contributed by atoms with van der Waals surface area (Å²) in [5.74, 6) is 2.71. The summed E-state index contributed by atoms with van der Waals surface area (Å²) in [6, 6.07) is 3.42. The van der Waals surface area contributed by atoms with E-state index in [0.29, 0.717) is 34.9 Å². The lowest BCUT2D eigenvalue weighted by molar-refractivity contribution is 0.355. The molecule has 3 aromatic rings. The Morgan fingerprint density at radius 3 is 2.42 bits per heavy atom. The van der Waals surface area contributed by atoms with Gasteiger partial charge in [0, 0.05) is 32.2 Å². The second-order valence-electron chi connectivity index (χ2n) is 8.14. The number of benzene rings is 1. The van der Waals surface area contributed by atoms with E-state index >= 15 is 0 Å². The number of aromatic nitrogens is 4. The molecule has 0 radical (unpaired) electrons. The van der Waals surface area contributed by atoms with Gasteiger partial charge in [0.25, 0.3) is 5.56 Å². The maximum atomic E-state index is 12.8. The fourth-order valence-electron chi connectivity index (χ4n) is 4.57. The van der Waals surface area contributed by atoms with Crippen molar-refractivity contribution < 1.29 is 9.47 Å². The molecule has 0 bridgehead atoms. The molecule has 2 aliphatic heterocycles. The Bertz CT molecular complexity index is 1150. The van der Waals surface area contributed by atoms with Crippen LogP contribution in [-0.4, -0.2) is 53.4 Å². The Morgan fingerprint density at radius 1 is 0.935 bits per heavy atom. The predicted molar refractivity (Wildman–Crippen MR) is 119 cm³/mol. The molecule has 0 atom stereocenters. The molecule has 0 spiro atoms. The zero-order chi connectivity index (χ0) is 21.4. The number of hydrogen-bond acceptors (Lipinski definition) is 7. The molecule has 4 heterocycles. The van der Waals surface area contributed by atoms with Gasteiger partial charge in [0.05, 0.1) is 43.6 Å². The highest BCUT2D eigenvalue weighted by atomic mass is 16.5. The summed E-state index contributed by atoms with van der Waals surface area (Å²) >= 11 is 0. The Morgan fingerprint density at radius 2 is 1.68 bits per heavy atom. The van der Waals surface area contributed by atoms with Gasteiger partial charge >= 0.3 is 0 Å². The highest BCUT2D eigenvalue weighted by molar-refractivity contribution is 5.82. The van der Waals surface area contributed by atoms with Gasteiger partial charge in [-0.2, -0.15) is 0 Å². The van der Waals surface area contributed by atoms with Crippen molar-refractivity contribution in [3.63, 3.8) is 0 Å². The van der Waals surface area contributed by atoms with Crippen molar-refractivity contribution >= 4 is 22.8 Å². The van der Waals surface area contributed by atoms with E-state index in [4.69, 9.17) is 19.4 Å². The molecule has 0 amide bonds. The number of fused-ring (bicyclic) bond motifs is 2. The van der Waals surface area contributed by atoms with Crippen molar-refractivity contribution in [1.29, 1.82) is 0 Å².